The summed E-state index contributed by atoms with van der Waals surface area (Å²) in [4.78, 5) is 22.7. The Morgan fingerprint density at radius 2 is 1.41 bits per heavy atom. The zero-order chi connectivity index (χ0) is 12.5. The minimum absolute atomic E-state index is 0.171. The van der Waals surface area contributed by atoms with E-state index in [0.29, 0.717) is 12.8 Å². The summed E-state index contributed by atoms with van der Waals surface area (Å²) in [7, 11) is 0. The Morgan fingerprint density at radius 3 is 2.06 bits per heavy atom. The fourth-order valence-electron chi connectivity index (χ4n) is 1.85. The molecule has 0 aromatic carbocycles. The quantitative estimate of drug-likeness (QED) is 0.613. The number of rotatable bonds is 0. The van der Waals surface area contributed by atoms with E-state index in [9.17, 15) is 9.59 Å². The lowest BCUT2D eigenvalue weighted by Gasteiger charge is -2.14. The summed E-state index contributed by atoms with van der Waals surface area (Å²) in [5.74, 6) is -0.379. The van der Waals surface area contributed by atoms with Crippen LogP contribution in [0.2, 0.25) is 0 Å². The van der Waals surface area contributed by atoms with Crippen LogP contribution in [0.4, 0.5) is 0 Å². The number of hydrogen-bond donors (Lipinski definition) is 0. The van der Waals surface area contributed by atoms with Gasteiger partial charge in [0.15, 0.2) is 0 Å². The molecule has 4 nitrogen and oxygen atoms in total. The third kappa shape index (κ3) is 6.97. The molecular weight excluding hydrogens is 220 g/mol. The van der Waals surface area contributed by atoms with Gasteiger partial charge in [-0.05, 0) is 19.8 Å². The van der Waals surface area contributed by atoms with Crippen molar-refractivity contribution in [1.82, 2.24) is 0 Å². The van der Waals surface area contributed by atoms with E-state index in [1.807, 2.05) is 0 Å². The molecule has 1 saturated heterocycles. The maximum Gasteiger partial charge on any atom is 0.306 e. The first-order valence-corrected chi connectivity index (χ1v) is 6.53. The lowest BCUT2D eigenvalue weighted by Crippen LogP contribution is -2.22. The second-order valence-electron chi connectivity index (χ2n) is 4.60. The molecule has 17 heavy (non-hydrogen) atoms. The van der Waals surface area contributed by atoms with Gasteiger partial charge in [-0.25, -0.2) is 0 Å². The smallest absolute Gasteiger partial charge is 0.306 e. The van der Waals surface area contributed by atoms with Gasteiger partial charge in [-0.15, -0.1) is 0 Å². The Morgan fingerprint density at radius 1 is 0.882 bits per heavy atom. The van der Waals surface area contributed by atoms with Gasteiger partial charge in [0, 0.05) is 12.8 Å². The van der Waals surface area contributed by atoms with Crippen molar-refractivity contribution in [3.05, 3.63) is 0 Å². The maximum absolute atomic E-state index is 11.4. The maximum atomic E-state index is 11.4. The van der Waals surface area contributed by atoms with Crippen molar-refractivity contribution in [2.24, 2.45) is 0 Å². The molecule has 0 aliphatic carbocycles. The van der Waals surface area contributed by atoms with E-state index in [1.54, 1.807) is 6.92 Å². The standard InChI is InChI=1S/C13H22O4/c1-11-10-16-12(14)8-6-4-2-3-5-7-9-13(15)17-11/h11H,2-10H2,1H3/t11-/m1/s1. The summed E-state index contributed by atoms with van der Waals surface area (Å²) >= 11 is 0. The van der Waals surface area contributed by atoms with Crippen molar-refractivity contribution < 1.29 is 19.1 Å². The fourth-order valence-corrected chi connectivity index (χ4v) is 1.85. The van der Waals surface area contributed by atoms with Gasteiger partial charge in [-0.3, -0.25) is 9.59 Å². The topological polar surface area (TPSA) is 52.6 Å². The van der Waals surface area contributed by atoms with Gasteiger partial charge in [0.25, 0.3) is 0 Å². The van der Waals surface area contributed by atoms with Crippen LogP contribution in [0.25, 0.3) is 0 Å². The summed E-state index contributed by atoms with van der Waals surface area (Å²) in [6.07, 6.45) is 6.77. The van der Waals surface area contributed by atoms with Crippen molar-refractivity contribution in [2.45, 2.75) is 64.4 Å². The normalized spacial score (nSPS) is 25.6. The van der Waals surface area contributed by atoms with Gasteiger partial charge in [0.2, 0.25) is 0 Å². The average molecular weight is 242 g/mol. The van der Waals surface area contributed by atoms with Gasteiger partial charge in [0.05, 0.1) is 0 Å². The Bertz CT molecular complexity index is 250. The van der Waals surface area contributed by atoms with E-state index in [0.717, 1.165) is 38.5 Å². The highest BCUT2D eigenvalue weighted by Gasteiger charge is 2.12. The summed E-state index contributed by atoms with van der Waals surface area (Å²) in [6.45, 7) is 1.92. The summed E-state index contributed by atoms with van der Waals surface area (Å²) < 4.78 is 10.2. The van der Waals surface area contributed by atoms with Crippen molar-refractivity contribution in [2.75, 3.05) is 6.61 Å². The first-order valence-electron chi connectivity index (χ1n) is 6.53. The van der Waals surface area contributed by atoms with Crippen molar-refractivity contribution in [3.8, 4) is 0 Å². The number of hydrogen-bond acceptors (Lipinski definition) is 4. The van der Waals surface area contributed by atoms with Gasteiger partial charge in [-0.1, -0.05) is 25.7 Å². The zero-order valence-electron chi connectivity index (χ0n) is 10.6. The molecular formula is C13H22O4. The van der Waals surface area contributed by atoms with E-state index < -0.39 is 0 Å². The van der Waals surface area contributed by atoms with Crippen molar-refractivity contribution in [1.29, 1.82) is 0 Å². The second kappa shape index (κ2) is 8.09. The molecule has 1 aliphatic rings. The van der Waals surface area contributed by atoms with Gasteiger partial charge in [-0.2, -0.15) is 0 Å². The predicted molar refractivity (Wildman–Crippen MR) is 63.4 cm³/mol. The Hall–Kier alpha value is -1.06. The van der Waals surface area contributed by atoms with Crippen LogP contribution in [0.3, 0.4) is 0 Å². The van der Waals surface area contributed by atoms with Gasteiger partial charge >= 0.3 is 11.9 Å². The minimum atomic E-state index is -0.339. The van der Waals surface area contributed by atoms with Crippen LogP contribution >= 0.6 is 0 Å². The summed E-state index contributed by atoms with van der Waals surface area (Å²) in [5.41, 5.74) is 0. The van der Waals surface area contributed by atoms with Crippen molar-refractivity contribution >= 4 is 11.9 Å². The molecule has 0 N–H and O–H groups in total. The molecule has 1 aliphatic heterocycles. The molecule has 0 aromatic heterocycles. The highest BCUT2D eigenvalue weighted by Crippen LogP contribution is 2.11. The lowest BCUT2D eigenvalue weighted by atomic mass is 10.1. The highest BCUT2D eigenvalue weighted by molar-refractivity contribution is 5.70. The van der Waals surface area contributed by atoms with E-state index in [-0.39, 0.29) is 24.6 Å². The first kappa shape index (κ1) is 14.0. The van der Waals surface area contributed by atoms with Crippen LogP contribution < -0.4 is 0 Å². The SMILES string of the molecule is C[C@@H]1COC(=O)CCCCCCCCC(=O)O1. The highest BCUT2D eigenvalue weighted by atomic mass is 16.6. The van der Waals surface area contributed by atoms with Crippen LogP contribution in [-0.4, -0.2) is 24.6 Å². The van der Waals surface area contributed by atoms with Crippen LogP contribution in [0.1, 0.15) is 58.3 Å². The number of esters is 2. The molecule has 1 heterocycles. The Labute approximate surface area is 103 Å². The van der Waals surface area contributed by atoms with Crippen molar-refractivity contribution in [3.63, 3.8) is 0 Å². The summed E-state index contributed by atoms with van der Waals surface area (Å²) in [5, 5.41) is 0. The Balaban J connectivity index is 2.35. The molecule has 0 radical (unpaired) electrons. The zero-order valence-corrected chi connectivity index (χ0v) is 10.6. The first-order chi connectivity index (χ1) is 8.18. The van der Waals surface area contributed by atoms with Crippen LogP contribution in [0.15, 0.2) is 0 Å². The molecule has 0 aromatic rings. The number of cyclic esters (lactones) is 2. The molecule has 0 saturated carbocycles. The van der Waals surface area contributed by atoms with Gasteiger partial charge < -0.3 is 9.47 Å². The minimum Gasteiger partial charge on any atom is -0.462 e. The molecule has 0 spiro atoms. The van der Waals surface area contributed by atoms with E-state index in [4.69, 9.17) is 9.47 Å². The molecule has 4 heteroatoms. The fraction of sp³-hybridized carbons (Fsp3) is 0.846. The van der Waals surface area contributed by atoms with E-state index in [1.165, 1.54) is 0 Å². The molecule has 0 bridgehead atoms. The van der Waals surface area contributed by atoms with Gasteiger partial charge in [0.1, 0.15) is 12.7 Å². The monoisotopic (exact) mass is 242 g/mol. The lowest BCUT2D eigenvalue weighted by molar-refractivity contribution is -0.158. The van der Waals surface area contributed by atoms with Crippen LogP contribution in [0, 0.1) is 0 Å². The van der Waals surface area contributed by atoms with E-state index >= 15 is 0 Å². The second-order valence-corrected chi connectivity index (χ2v) is 4.60. The molecule has 1 atom stereocenters. The average Bonchev–Trinajstić information content (AvgIpc) is 2.29. The predicted octanol–water partition coefficient (Wildman–Crippen LogP) is 2.60. The van der Waals surface area contributed by atoms with Crippen LogP contribution in [-0.2, 0) is 19.1 Å². The molecule has 1 rings (SSSR count). The number of ether oxygens (including phenoxy) is 2. The molecule has 0 amide bonds. The molecule has 0 unspecified atom stereocenters. The summed E-state index contributed by atoms with van der Waals surface area (Å²) in [6, 6.07) is 0. The largest absolute Gasteiger partial charge is 0.462 e. The number of carbonyl (C=O) groups excluding carboxylic acids is 2. The molecule has 98 valence electrons. The number of carbonyl (C=O) groups is 2. The van der Waals surface area contributed by atoms with Crippen LogP contribution in [0.5, 0.6) is 0 Å². The Kier molecular flexibility index (Phi) is 6.67. The van der Waals surface area contributed by atoms with E-state index in [2.05, 4.69) is 0 Å². The third-order valence-electron chi connectivity index (χ3n) is 2.82. The molecule has 1 fully saturated rings. The third-order valence-corrected chi connectivity index (χ3v) is 2.82.